The van der Waals surface area contributed by atoms with Crippen LogP contribution in [-0.2, 0) is 0 Å². The zero-order valence-electron chi connectivity index (χ0n) is 9.26. The Morgan fingerprint density at radius 3 is 2.15 bits per heavy atom. The van der Waals surface area contributed by atoms with Crippen molar-refractivity contribution in [2.75, 3.05) is 6.67 Å². The number of rotatable bonds is 5. The molecule has 3 heteroatoms. The fraction of sp³-hybridized carbons (Fsp3) is 1.00. The summed E-state index contributed by atoms with van der Waals surface area (Å²) in [5, 5.41) is 0.161. The van der Waals surface area contributed by atoms with E-state index in [2.05, 4.69) is 34.6 Å². The van der Waals surface area contributed by atoms with E-state index in [1.54, 1.807) is 21.6 Å². The van der Waals surface area contributed by atoms with Crippen molar-refractivity contribution < 1.29 is 4.39 Å². The maximum Gasteiger partial charge on any atom is 0.102 e. The monoisotopic (exact) mass is 224 g/mol. The molecule has 0 heterocycles. The van der Waals surface area contributed by atoms with Crippen LogP contribution in [0.25, 0.3) is 0 Å². The molecule has 0 bridgehead atoms. The highest BCUT2D eigenvalue weighted by molar-refractivity contribution is 8.77. The molecule has 0 radical (unpaired) electrons. The summed E-state index contributed by atoms with van der Waals surface area (Å²) in [7, 11) is 3.49. The van der Waals surface area contributed by atoms with Gasteiger partial charge in [0.1, 0.15) is 6.67 Å². The van der Waals surface area contributed by atoms with E-state index in [4.69, 9.17) is 0 Å². The fourth-order valence-electron chi connectivity index (χ4n) is 0.742. The minimum absolute atomic E-state index is 0.161. The summed E-state index contributed by atoms with van der Waals surface area (Å²) in [6.45, 7) is 10.5. The molecule has 0 aromatic carbocycles. The van der Waals surface area contributed by atoms with Crippen molar-refractivity contribution >= 4 is 21.6 Å². The molecular formula is C10H21FS2. The van der Waals surface area contributed by atoms with Gasteiger partial charge in [-0.2, -0.15) is 0 Å². The summed E-state index contributed by atoms with van der Waals surface area (Å²) in [4.78, 5) is 0. The molecule has 0 aliphatic rings. The molecule has 0 amide bonds. The third kappa shape index (κ3) is 6.67. The average Bonchev–Trinajstić information content (AvgIpc) is 2.03. The van der Waals surface area contributed by atoms with E-state index >= 15 is 0 Å². The highest BCUT2D eigenvalue weighted by Gasteiger charge is 2.20. The Balaban J connectivity index is 3.85. The second-order valence-electron chi connectivity index (χ2n) is 4.37. The largest absolute Gasteiger partial charge is 0.250 e. The number of hydrogen-bond acceptors (Lipinski definition) is 2. The zero-order chi connectivity index (χ0) is 10.5. The fourth-order valence-corrected chi connectivity index (χ4v) is 3.55. The van der Waals surface area contributed by atoms with Gasteiger partial charge in [0.25, 0.3) is 0 Å². The van der Waals surface area contributed by atoms with Crippen LogP contribution in [-0.4, -0.2) is 16.7 Å². The molecule has 0 aliphatic heterocycles. The molecule has 0 fully saturated rings. The molecule has 0 aliphatic carbocycles. The van der Waals surface area contributed by atoms with Crippen LogP contribution in [0.15, 0.2) is 0 Å². The van der Waals surface area contributed by atoms with Gasteiger partial charge in [0.15, 0.2) is 0 Å². The summed E-state index contributed by atoms with van der Waals surface area (Å²) >= 11 is 0. The van der Waals surface area contributed by atoms with Crippen LogP contribution in [0.3, 0.4) is 0 Å². The summed E-state index contributed by atoms with van der Waals surface area (Å²) in [5.41, 5.74) is 0. The van der Waals surface area contributed by atoms with E-state index in [1.165, 1.54) is 0 Å². The molecule has 0 nitrogen and oxygen atoms in total. The van der Waals surface area contributed by atoms with E-state index in [9.17, 15) is 4.39 Å². The van der Waals surface area contributed by atoms with Crippen molar-refractivity contribution in [2.45, 2.75) is 51.0 Å². The van der Waals surface area contributed by atoms with Gasteiger partial charge in [-0.3, -0.25) is 0 Å². The summed E-state index contributed by atoms with van der Waals surface area (Å²) < 4.78 is 12.9. The van der Waals surface area contributed by atoms with Gasteiger partial charge in [-0.05, 0) is 5.92 Å². The number of halogens is 1. The third-order valence-corrected chi connectivity index (χ3v) is 5.82. The smallest absolute Gasteiger partial charge is 0.102 e. The van der Waals surface area contributed by atoms with E-state index in [1.807, 2.05) is 0 Å². The van der Waals surface area contributed by atoms with Crippen molar-refractivity contribution in [3.8, 4) is 0 Å². The summed E-state index contributed by atoms with van der Waals surface area (Å²) in [6.07, 6.45) is 1.06. The topological polar surface area (TPSA) is 0 Å². The highest BCUT2D eigenvalue weighted by atomic mass is 33.1. The van der Waals surface area contributed by atoms with Crippen LogP contribution in [0.4, 0.5) is 4.39 Å². The van der Waals surface area contributed by atoms with Gasteiger partial charge < -0.3 is 0 Å². The van der Waals surface area contributed by atoms with Crippen molar-refractivity contribution in [3.05, 3.63) is 0 Å². The van der Waals surface area contributed by atoms with Gasteiger partial charge in [-0.25, -0.2) is 4.39 Å². The lowest BCUT2D eigenvalue weighted by Crippen LogP contribution is -2.16. The first-order chi connectivity index (χ1) is 5.90. The van der Waals surface area contributed by atoms with Crippen LogP contribution < -0.4 is 0 Å². The molecule has 0 saturated carbocycles. The standard InChI is InChI=1S/C10H21FS2/c1-6-8(2)9(7-11)12-13-10(3,4)5/h8-9H,6-7H2,1-5H3/t8?,9-/m0/s1. The summed E-state index contributed by atoms with van der Waals surface area (Å²) in [6, 6.07) is 0. The Hall–Kier alpha value is 0.630. The second kappa shape index (κ2) is 6.18. The van der Waals surface area contributed by atoms with E-state index < -0.39 is 0 Å². The van der Waals surface area contributed by atoms with Gasteiger partial charge in [0, 0.05) is 10.00 Å². The van der Waals surface area contributed by atoms with Crippen LogP contribution in [0, 0.1) is 5.92 Å². The molecule has 13 heavy (non-hydrogen) atoms. The minimum Gasteiger partial charge on any atom is -0.250 e. The van der Waals surface area contributed by atoms with Crippen LogP contribution >= 0.6 is 21.6 Å². The van der Waals surface area contributed by atoms with Crippen LogP contribution in [0.5, 0.6) is 0 Å². The second-order valence-corrected chi connectivity index (χ2v) is 7.64. The Labute approximate surface area is 89.8 Å². The predicted octanol–water partition coefficient (Wildman–Crippen LogP) is 4.55. The lowest BCUT2D eigenvalue weighted by atomic mass is 10.1. The summed E-state index contributed by atoms with van der Waals surface area (Å²) in [5.74, 6) is 0.477. The molecule has 0 aromatic heterocycles. The number of alkyl halides is 1. The van der Waals surface area contributed by atoms with Crippen molar-refractivity contribution in [2.24, 2.45) is 5.92 Å². The molecule has 0 aromatic rings. The maximum absolute atomic E-state index is 12.6. The van der Waals surface area contributed by atoms with E-state index in [-0.39, 0.29) is 16.7 Å². The molecule has 1 unspecified atom stereocenters. The quantitative estimate of drug-likeness (QED) is 0.628. The number of hydrogen-bond donors (Lipinski definition) is 0. The van der Waals surface area contributed by atoms with E-state index in [0.29, 0.717) is 5.92 Å². The first-order valence-electron chi connectivity index (χ1n) is 4.81. The van der Waals surface area contributed by atoms with Crippen molar-refractivity contribution in [3.63, 3.8) is 0 Å². The zero-order valence-corrected chi connectivity index (χ0v) is 10.9. The first kappa shape index (κ1) is 13.6. The average molecular weight is 224 g/mol. The third-order valence-electron chi connectivity index (χ3n) is 1.85. The molecule has 0 rings (SSSR count). The van der Waals surface area contributed by atoms with Gasteiger partial charge >= 0.3 is 0 Å². The molecule has 2 atom stereocenters. The van der Waals surface area contributed by atoms with Crippen molar-refractivity contribution in [1.29, 1.82) is 0 Å². The molecule has 0 saturated heterocycles. The Morgan fingerprint density at radius 1 is 1.31 bits per heavy atom. The predicted molar refractivity (Wildman–Crippen MR) is 64.2 cm³/mol. The van der Waals surface area contributed by atoms with Gasteiger partial charge in [-0.15, -0.1) is 0 Å². The normalized spacial score (nSPS) is 17.1. The van der Waals surface area contributed by atoms with Gasteiger partial charge in [0.2, 0.25) is 0 Å². The maximum atomic E-state index is 12.6. The van der Waals surface area contributed by atoms with Gasteiger partial charge in [-0.1, -0.05) is 62.6 Å². The molecular weight excluding hydrogens is 203 g/mol. The Morgan fingerprint density at radius 2 is 1.85 bits per heavy atom. The van der Waals surface area contributed by atoms with Crippen LogP contribution in [0.2, 0.25) is 0 Å². The Kier molecular flexibility index (Phi) is 6.48. The Bertz CT molecular complexity index is 131. The van der Waals surface area contributed by atoms with Crippen LogP contribution in [0.1, 0.15) is 41.0 Å². The van der Waals surface area contributed by atoms with E-state index in [0.717, 1.165) is 6.42 Å². The molecule has 0 N–H and O–H groups in total. The highest BCUT2D eigenvalue weighted by Crippen LogP contribution is 2.40. The van der Waals surface area contributed by atoms with Gasteiger partial charge in [0.05, 0.1) is 0 Å². The minimum atomic E-state index is -0.206. The van der Waals surface area contributed by atoms with Crippen molar-refractivity contribution in [1.82, 2.24) is 0 Å². The molecule has 0 spiro atoms. The lowest BCUT2D eigenvalue weighted by molar-refractivity contribution is 0.411. The molecule has 80 valence electrons. The SMILES string of the molecule is CCC(C)[C@H](CF)SSC(C)(C)C. The lowest BCUT2D eigenvalue weighted by Gasteiger charge is -2.23. The first-order valence-corrected chi connectivity index (χ1v) is 7.02.